The number of benzene rings is 1. The molecule has 0 fully saturated rings. The molecule has 20 heavy (non-hydrogen) atoms. The van der Waals surface area contributed by atoms with Crippen LogP contribution in [0.15, 0.2) is 48.6 Å². The van der Waals surface area contributed by atoms with E-state index < -0.39 is 11.9 Å². The summed E-state index contributed by atoms with van der Waals surface area (Å²) >= 11 is 0. The van der Waals surface area contributed by atoms with Crippen LogP contribution < -0.4 is 9.47 Å². The molecular formula is C15H18O5. The third-order valence-corrected chi connectivity index (χ3v) is 1.98. The van der Waals surface area contributed by atoms with Gasteiger partial charge in [-0.05, 0) is 38.1 Å². The highest BCUT2D eigenvalue weighted by molar-refractivity contribution is 5.88. The van der Waals surface area contributed by atoms with Crippen molar-refractivity contribution in [2.75, 3.05) is 7.11 Å². The second-order valence-corrected chi connectivity index (χ2v) is 3.93. The molecule has 0 amide bonds. The van der Waals surface area contributed by atoms with Gasteiger partial charge in [0.15, 0.2) is 0 Å². The number of esters is 1. The zero-order valence-corrected chi connectivity index (χ0v) is 11.8. The molecule has 0 radical (unpaired) electrons. The largest absolute Gasteiger partial charge is 0.497 e. The summed E-state index contributed by atoms with van der Waals surface area (Å²) in [5, 5.41) is 7.89. The molecule has 0 aromatic heterocycles. The van der Waals surface area contributed by atoms with Crippen molar-refractivity contribution in [2.24, 2.45) is 0 Å². The molecule has 0 aliphatic heterocycles. The van der Waals surface area contributed by atoms with E-state index in [1.165, 1.54) is 6.92 Å². The standard InChI is InChI=1S/C11H12O3.C4H6O2/c1-8(2)11(12)14-10-6-4-9(13-3)5-7-10;1-3(2)4(5)6/h4-7H,1H2,2-3H3;1H2,2H3,(H,5,6). The van der Waals surface area contributed by atoms with Gasteiger partial charge in [0.05, 0.1) is 7.11 Å². The van der Waals surface area contributed by atoms with Crippen LogP contribution in [-0.2, 0) is 9.59 Å². The minimum absolute atomic E-state index is 0.176. The summed E-state index contributed by atoms with van der Waals surface area (Å²) in [6.45, 7) is 9.69. The molecule has 1 aromatic carbocycles. The fourth-order valence-electron chi connectivity index (χ4n) is 0.838. The van der Waals surface area contributed by atoms with Crippen molar-refractivity contribution in [3.63, 3.8) is 0 Å². The Morgan fingerprint density at radius 2 is 1.40 bits per heavy atom. The Kier molecular flexibility index (Phi) is 7.43. The van der Waals surface area contributed by atoms with E-state index in [9.17, 15) is 9.59 Å². The number of carbonyl (C=O) groups is 2. The van der Waals surface area contributed by atoms with Crippen LogP contribution in [0, 0.1) is 0 Å². The maximum Gasteiger partial charge on any atom is 0.338 e. The van der Waals surface area contributed by atoms with Crippen molar-refractivity contribution in [3.8, 4) is 11.5 Å². The smallest absolute Gasteiger partial charge is 0.338 e. The highest BCUT2D eigenvalue weighted by Gasteiger charge is 2.04. The van der Waals surface area contributed by atoms with Gasteiger partial charge in [-0.3, -0.25) is 0 Å². The Morgan fingerprint density at radius 1 is 1.00 bits per heavy atom. The molecule has 0 bridgehead atoms. The lowest BCUT2D eigenvalue weighted by Crippen LogP contribution is -2.07. The summed E-state index contributed by atoms with van der Waals surface area (Å²) in [5.41, 5.74) is 0.552. The lowest BCUT2D eigenvalue weighted by molar-refractivity contribution is -0.132. The fourth-order valence-corrected chi connectivity index (χ4v) is 0.838. The molecule has 0 spiro atoms. The van der Waals surface area contributed by atoms with Gasteiger partial charge in [0.1, 0.15) is 11.5 Å². The highest BCUT2D eigenvalue weighted by Crippen LogP contribution is 2.17. The first kappa shape index (κ1) is 17.4. The van der Waals surface area contributed by atoms with E-state index in [0.717, 1.165) is 5.75 Å². The zero-order valence-electron chi connectivity index (χ0n) is 11.8. The van der Waals surface area contributed by atoms with E-state index in [2.05, 4.69) is 13.2 Å². The fraction of sp³-hybridized carbons (Fsp3) is 0.200. The predicted molar refractivity (Wildman–Crippen MR) is 75.9 cm³/mol. The van der Waals surface area contributed by atoms with Crippen LogP contribution in [0.4, 0.5) is 0 Å². The van der Waals surface area contributed by atoms with Crippen molar-refractivity contribution in [2.45, 2.75) is 13.8 Å². The molecule has 0 aliphatic rings. The Morgan fingerprint density at radius 3 is 1.70 bits per heavy atom. The number of hydrogen-bond acceptors (Lipinski definition) is 4. The predicted octanol–water partition coefficient (Wildman–Crippen LogP) is 2.82. The van der Waals surface area contributed by atoms with Gasteiger partial charge in [0.25, 0.3) is 0 Å². The molecule has 1 rings (SSSR count). The molecule has 1 aromatic rings. The topological polar surface area (TPSA) is 72.8 Å². The lowest BCUT2D eigenvalue weighted by Gasteiger charge is -2.04. The van der Waals surface area contributed by atoms with Gasteiger partial charge in [-0.25, -0.2) is 9.59 Å². The van der Waals surface area contributed by atoms with Crippen molar-refractivity contribution in [1.82, 2.24) is 0 Å². The summed E-state index contributed by atoms with van der Waals surface area (Å²) in [4.78, 5) is 20.7. The van der Waals surface area contributed by atoms with Crippen molar-refractivity contribution in [3.05, 3.63) is 48.6 Å². The Bertz CT molecular complexity index is 488. The van der Waals surface area contributed by atoms with Gasteiger partial charge in [-0.15, -0.1) is 0 Å². The maximum absolute atomic E-state index is 11.1. The Hall–Kier alpha value is -2.56. The molecule has 0 aliphatic carbocycles. The normalized spacial score (nSPS) is 8.75. The molecule has 0 unspecified atom stereocenters. The highest BCUT2D eigenvalue weighted by atomic mass is 16.5. The van der Waals surface area contributed by atoms with Gasteiger partial charge < -0.3 is 14.6 Å². The van der Waals surface area contributed by atoms with E-state index in [4.69, 9.17) is 14.6 Å². The molecule has 0 saturated heterocycles. The third kappa shape index (κ3) is 7.00. The SMILES string of the molecule is C=C(C)C(=O)O.C=C(C)C(=O)Oc1ccc(OC)cc1. The number of methoxy groups -OCH3 is 1. The van der Waals surface area contributed by atoms with Crippen LogP contribution in [0.5, 0.6) is 11.5 Å². The zero-order chi connectivity index (χ0) is 15.7. The first-order chi connectivity index (χ1) is 9.27. The van der Waals surface area contributed by atoms with Crippen LogP contribution in [0.1, 0.15) is 13.8 Å². The second kappa shape index (κ2) is 8.53. The van der Waals surface area contributed by atoms with E-state index in [0.29, 0.717) is 11.3 Å². The average molecular weight is 278 g/mol. The second-order valence-electron chi connectivity index (χ2n) is 3.93. The number of hydrogen-bond donors (Lipinski definition) is 1. The monoisotopic (exact) mass is 278 g/mol. The van der Waals surface area contributed by atoms with Gasteiger partial charge in [-0.1, -0.05) is 13.2 Å². The van der Waals surface area contributed by atoms with Crippen molar-refractivity contribution < 1.29 is 24.2 Å². The lowest BCUT2D eigenvalue weighted by atomic mass is 10.3. The molecule has 0 heterocycles. The molecular weight excluding hydrogens is 260 g/mol. The van der Waals surface area contributed by atoms with E-state index in [1.807, 2.05) is 0 Å². The van der Waals surface area contributed by atoms with Crippen LogP contribution in [0.2, 0.25) is 0 Å². The number of carbonyl (C=O) groups excluding carboxylic acids is 1. The summed E-state index contributed by atoms with van der Waals surface area (Å²) in [6, 6.07) is 6.78. The molecule has 1 N–H and O–H groups in total. The summed E-state index contributed by atoms with van der Waals surface area (Å²) in [5.74, 6) is -0.149. The van der Waals surface area contributed by atoms with Crippen LogP contribution >= 0.6 is 0 Å². The number of rotatable bonds is 4. The molecule has 5 nitrogen and oxygen atoms in total. The summed E-state index contributed by atoms with van der Waals surface area (Å²) < 4.78 is 9.94. The molecule has 0 saturated carbocycles. The Balaban J connectivity index is 0.000000511. The average Bonchev–Trinajstić information content (AvgIpc) is 2.40. The van der Waals surface area contributed by atoms with Crippen LogP contribution in [-0.4, -0.2) is 24.2 Å². The number of carboxylic acid groups (broad SMARTS) is 1. The van der Waals surface area contributed by atoms with E-state index in [1.54, 1.807) is 38.3 Å². The van der Waals surface area contributed by atoms with E-state index in [-0.39, 0.29) is 5.57 Å². The van der Waals surface area contributed by atoms with Gasteiger partial charge in [-0.2, -0.15) is 0 Å². The quantitative estimate of drug-likeness (QED) is 0.521. The molecule has 0 atom stereocenters. The van der Waals surface area contributed by atoms with Gasteiger partial charge in [0, 0.05) is 11.1 Å². The minimum atomic E-state index is -0.935. The van der Waals surface area contributed by atoms with Gasteiger partial charge in [0.2, 0.25) is 0 Å². The number of ether oxygens (including phenoxy) is 2. The summed E-state index contributed by atoms with van der Waals surface area (Å²) in [6.07, 6.45) is 0. The number of aliphatic carboxylic acids is 1. The first-order valence-corrected chi connectivity index (χ1v) is 5.68. The molecule has 108 valence electrons. The number of carboxylic acids is 1. The maximum atomic E-state index is 11.1. The minimum Gasteiger partial charge on any atom is -0.497 e. The van der Waals surface area contributed by atoms with Crippen molar-refractivity contribution >= 4 is 11.9 Å². The molecule has 5 heteroatoms. The first-order valence-electron chi connectivity index (χ1n) is 5.68. The van der Waals surface area contributed by atoms with Crippen LogP contribution in [0.25, 0.3) is 0 Å². The third-order valence-electron chi connectivity index (χ3n) is 1.98. The summed E-state index contributed by atoms with van der Waals surface area (Å²) in [7, 11) is 1.58. The van der Waals surface area contributed by atoms with Gasteiger partial charge >= 0.3 is 11.9 Å². The van der Waals surface area contributed by atoms with Crippen LogP contribution in [0.3, 0.4) is 0 Å². The Labute approximate surface area is 118 Å². The van der Waals surface area contributed by atoms with Crippen molar-refractivity contribution in [1.29, 1.82) is 0 Å². The van der Waals surface area contributed by atoms with E-state index >= 15 is 0 Å².